The van der Waals surface area contributed by atoms with Gasteiger partial charge >= 0.3 is 21.7 Å². The first kappa shape index (κ1) is 35.8. The van der Waals surface area contributed by atoms with Crippen LogP contribution in [0, 0.1) is 62.3 Å². The molecule has 0 aliphatic heterocycles. The maximum atomic E-state index is 2.47. The minimum Gasteiger partial charge on any atom is -1.00 e. The first-order valence-corrected chi connectivity index (χ1v) is 14.0. The monoisotopic (exact) mass is 602 g/mol. The van der Waals surface area contributed by atoms with Crippen molar-refractivity contribution in [2.75, 3.05) is 0 Å². The van der Waals surface area contributed by atoms with Gasteiger partial charge in [-0.1, -0.05) is 124 Å². The van der Waals surface area contributed by atoms with Gasteiger partial charge < -0.3 is 37.2 Å². The summed E-state index contributed by atoms with van der Waals surface area (Å²) in [5.41, 5.74) is 12.3. The molecule has 5 heteroatoms. The molecule has 4 aromatic rings. The maximum Gasteiger partial charge on any atom is 4.00 e. The van der Waals surface area contributed by atoms with Crippen LogP contribution in [-0.2, 0) is 21.7 Å². The molecule has 0 amide bonds. The van der Waals surface area contributed by atoms with Crippen molar-refractivity contribution < 1.29 is 58.9 Å². The van der Waals surface area contributed by atoms with Gasteiger partial charge in [0, 0.05) is 0 Å². The van der Waals surface area contributed by atoms with E-state index in [0.29, 0.717) is 0 Å². The van der Waals surface area contributed by atoms with Gasteiger partial charge in [0.25, 0.3) is 0 Å². The normalized spacial score (nSPS) is 10.5. The van der Waals surface area contributed by atoms with Crippen molar-refractivity contribution in [1.29, 1.82) is 0 Å². The van der Waals surface area contributed by atoms with Crippen LogP contribution < -0.4 is 58.0 Å². The number of hydrogen-bond donors (Lipinski definition) is 0. The molecule has 0 unspecified atom stereocenters. The third-order valence-electron chi connectivity index (χ3n) is 7.13. The summed E-state index contributed by atoms with van der Waals surface area (Å²) in [7, 11) is -2.56. The minimum atomic E-state index is -2.56. The van der Waals surface area contributed by atoms with Crippen molar-refractivity contribution >= 4 is 28.8 Å². The fourth-order valence-electron chi connectivity index (χ4n) is 6.08. The van der Waals surface area contributed by atoms with Crippen LogP contribution in [0.2, 0.25) is 0 Å². The molecule has 0 radical (unpaired) electrons. The van der Waals surface area contributed by atoms with Crippen LogP contribution in [-0.4, -0.2) is 8.07 Å². The van der Waals surface area contributed by atoms with E-state index in [9.17, 15) is 0 Å². The summed E-state index contributed by atoms with van der Waals surface area (Å²) in [5, 5.41) is 6.05. The van der Waals surface area contributed by atoms with Gasteiger partial charge in [0.2, 0.25) is 0 Å². The zero-order valence-corrected chi connectivity index (χ0v) is 28.2. The molecule has 0 N–H and O–H groups in total. The summed E-state index contributed by atoms with van der Waals surface area (Å²) >= 11 is 0. The number of halogens is 3. The Morgan fingerprint density at radius 1 is 0.432 bits per heavy atom. The molecular formula is C32H37Cl3SiTi. The van der Waals surface area contributed by atoms with Gasteiger partial charge in [-0.05, 0) is 41.5 Å². The van der Waals surface area contributed by atoms with E-state index in [2.05, 4.69) is 123 Å². The molecule has 0 atom stereocenters. The topological polar surface area (TPSA) is 0 Å². The summed E-state index contributed by atoms with van der Waals surface area (Å²) in [6, 6.07) is 24.1. The third-order valence-corrected chi connectivity index (χ3v) is 12.1. The minimum absolute atomic E-state index is 0. The van der Waals surface area contributed by atoms with Gasteiger partial charge in [-0.15, -0.1) is 5.19 Å². The van der Waals surface area contributed by atoms with Gasteiger partial charge in [-0.2, -0.15) is 16.7 Å². The first-order valence-electron chi connectivity index (χ1n) is 12.0. The van der Waals surface area contributed by atoms with Crippen LogP contribution in [0.15, 0.2) is 60.7 Å². The molecule has 0 saturated heterocycles. The number of hydrogen-bond acceptors (Lipinski definition) is 0. The zero-order valence-electron chi connectivity index (χ0n) is 23.4. The quantitative estimate of drug-likeness (QED) is 0.130. The van der Waals surface area contributed by atoms with Gasteiger partial charge in [0.15, 0.2) is 0 Å². The molecule has 0 aliphatic carbocycles. The van der Waals surface area contributed by atoms with Crippen molar-refractivity contribution in [3.05, 3.63) is 111 Å². The first-order chi connectivity index (χ1) is 15.5. The van der Waals surface area contributed by atoms with Crippen LogP contribution in [0.4, 0.5) is 0 Å². The Kier molecular flexibility index (Phi) is 13.3. The van der Waals surface area contributed by atoms with E-state index in [0.717, 1.165) is 0 Å². The van der Waals surface area contributed by atoms with Crippen LogP contribution in [0.5, 0.6) is 0 Å². The molecule has 0 aromatic heterocycles. The van der Waals surface area contributed by atoms with Gasteiger partial charge in [0.1, 0.15) is 8.07 Å². The van der Waals surface area contributed by atoms with Crippen molar-refractivity contribution in [3.8, 4) is 0 Å². The van der Waals surface area contributed by atoms with Crippen LogP contribution in [0.3, 0.4) is 0 Å². The summed E-state index contributed by atoms with van der Waals surface area (Å²) in [5.74, 6) is 0. The fraction of sp³-hybridized carbons (Fsp3) is 0.281. The largest absolute Gasteiger partial charge is 4.00 e. The number of aryl methyl sites for hydroxylation is 8. The molecule has 4 aromatic carbocycles. The molecular weight excluding hydrogens is 567 g/mol. The Bertz CT molecular complexity index is 1190. The summed E-state index contributed by atoms with van der Waals surface area (Å²) in [4.78, 5) is 0. The third kappa shape index (κ3) is 6.70. The molecule has 4 rings (SSSR count). The van der Waals surface area contributed by atoms with Crippen molar-refractivity contribution in [2.45, 2.75) is 62.3 Å². The molecule has 0 spiro atoms. The van der Waals surface area contributed by atoms with Crippen LogP contribution >= 0.6 is 0 Å². The van der Waals surface area contributed by atoms with E-state index in [4.69, 9.17) is 0 Å². The summed E-state index contributed by atoms with van der Waals surface area (Å²) in [6.07, 6.45) is 0. The van der Waals surface area contributed by atoms with Crippen molar-refractivity contribution in [1.82, 2.24) is 0 Å². The predicted molar refractivity (Wildman–Crippen MR) is 148 cm³/mol. The van der Waals surface area contributed by atoms with Gasteiger partial charge in [-0.3, -0.25) is 0 Å². The Morgan fingerprint density at radius 3 is 0.919 bits per heavy atom. The number of rotatable bonds is 4. The molecule has 0 heterocycles. The van der Waals surface area contributed by atoms with E-state index in [-0.39, 0.29) is 58.9 Å². The second-order valence-electron chi connectivity index (χ2n) is 10.4. The maximum absolute atomic E-state index is 2.56. The van der Waals surface area contributed by atoms with E-state index >= 15 is 0 Å². The van der Waals surface area contributed by atoms with E-state index in [1.54, 1.807) is 5.19 Å². The van der Waals surface area contributed by atoms with Gasteiger partial charge in [0.05, 0.1) is 0 Å². The molecule has 0 nitrogen and oxygen atoms in total. The molecule has 37 heavy (non-hydrogen) atoms. The molecule has 0 bridgehead atoms. The average Bonchev–Trinajstić information content (AvgIpc) is 2.93. The Hall–Kier alpha value is -1.19. The fourth-order valence-corrected chi connectivity index (χ4v) is 12.0. The van der Waals surface area contributed by atoms with E-state index in [1.807, 2.05) is 0 Å². The van der Waals surface area contributed by atoms with Crippen LogP contribution in [0.25, 0.3) is 0 Å². The zero-order chi connectivity index (χ0) is 24.1. The Labute approximate surface area is 259 Å². The second-order valence-corrected chi connectivity index (χ2v) is 14.1. The summed E-state index contributed by atoms with van der Waals surface area (Å²) in [6.45, 7) is 20.4. The van der Waals surface area contributed by atoms with E-state index < -0.39 is 8.07 Å². The SMILES string of the molecule is Cc1cc(C)cc([Si](c2cc(C)cc(C)c2)(c2cc(C)cc(C)c2)[c-]2c(C)cc(C)c2C)c1.[Cl-].[Cl-].[Cl-].[Ti+4]. The van der Waals surface area contributed by atoms with Crippen molar-refractivity contribution in [3.63, 3.8) is 0 Å². The molecule has 0 saturated carbocycles. The Balaban J connectivity index is 0.00000324. The van der Waals surface area contributed by atoms with Crippen LogP contribution in [0.1, 0.15) is 50.1 Å². The average molecular weight is 604 g/mol. The van der Waals surface area contributed by atoms with Gasteiger partial charge in [-0.25, -0.2) is 6.07 Å². The Morgan fingerprint density at radius 2 is 0.703 bits per heavy atom. The van der Waals surface area contributed by atoms with E-state index in [1.165, 1.54) is 65.6 Å². The standard InChI is InChI=1S/C32H37Si.3ClH.Ti/c1-20-10-21(2)14-29(13-20)33(30-15-22(3)11-23(4)16-30,31-17-24(5)12-25(6)18-31)32-27(8)19-26(7)28(32)9;;;;/h10-19H,1-9H3;3*1H;/q-1;;;;+4/p-3. The molecule has 194 valence electrons. The second kappa shape index (κ2) is 13.7. The summed E-state index contributed by atoms with van der Waals surface area (Å²) < 4.78 is 0. The molecule has 0 fully saturated rings. The van der Waals surface area contributed by atoms with Crippen molar-refractivity contribution in [2.24, 2.45) is 0 Å². The number of benzene rings is 3. The smallest absolute Gasteiger partial charge is 1.00 e. The predicted octanol–water partition coefficient (Wildman–Crippen LogP) is -3.43. The molecule has 0 aliphatic rings.